The van der Waals surface area contributed by atoms with Gasteiger partial charge in [-0.25, -0.2) is 0 Å². The van der Waals surface area contributed by atoms with Crippen LogP contribution in [-0.2, 0) is 0 Å². The maximum absolute atomic E-state index is 2.63. The average Bonchev–Trinajstić information content (AvgIpc) is 1.75. The molecule has 0 aliphatic rings. The molecule has 0 aliphatic carbocycles. The van der Waals surface area contributed by atoms with Gasteiger partial charge in [0.05, 0.1) is 0 Å². The second-order valence-electron chi connectivity index (χ2n) is 7.93. The predicted octanol–water partition coefficient (Wildman–Crippen LogP) is 5.01. The SMILES string of the molecule is C[Si](C)(C)/C=C/[CH]([Si](C)(C)C)[Sn]([CH3])([CH3])[CH3]. The van der Waals surface area contributed by atoms with E-state index in [4.69, 9.17) is 0 Å². The van der Waals surface area contributed by atoms with Gasteiger partial charge in [0.1, 0.15) is 0 Å². The molecule has 90 valence electrons. The second kappa shape index (κ2) is 5.09. The molecule has 0 fully saturated rings. The zero-order chi connectivity index (χ0) is 12.5. The van der Waals surface area contributed by atoms with Crippen molar-refractivity contribution in [3.05, 3.63) is 11.8 Å². The van der Waals surface area contributed by atoms with Crippen LogP contribution in [0.5, 0.6) is 0 Å². The van der Waals surface area contributed by atoms with Crippen LogP contribution in [-0.4, -0.2) is 34.5 Å². The Hall–Kier alpha value is 0.972. The van der Waals surface area contributed by atoms with Crippen molar-refractivity contribution in [2.24, 2.45) is 0 Å². The summed E-state index contributed by atoms with van der Waals surface area (Å²) in [4.78, 5) is 7.77. The average molecular weight is 349 g/mol. The Bertz CT molecular complexity index is 211. The zero-order valence-corrected chi connectivity index (χ0v) is 17.1. The fourth-order valence-corrected chi connectivity index (χ4v) is 31.2. The zero-order valence-electron chi connectivity index (χ0n) is 12.2. The molecule has 0 N–H and O–H groups in total. The van der Waals surface area contributed by atoms with E-state index in [0.717, 1.165) is 3.56 Å². The Morgan fingerprint density at radius 1 is 0.867 bits per heavy atom. The minimum atomic E-state index is -1.76. The van der Waals surface area contributed by atoms with Gasteiger partial charge in [0.15, 0.2) is 0 Å². The minimum absolute atomic E-state index is 0.993. The standard InChI is InChI=1S/C9H21Si2.3CH3.Sn/c1-10(2,3)8-7-9-11(4,5)6;;;;/h7-9H,1-6H3;3*1H3;/b8-7+;;;;. The molecular weight excluding hydrogens is 319 g/mol. The number of hydrogen-bond donors (Lipinski definition) is 0. The van der Waals surface area contributed by atoms with Gasteiger partial charge in [0, 0.05) is 0 Å². The molecule has 0 heterocycles. The van der Waals surface area contributed by atoms with Crippen molar-refractivity contribution >= 4 is 34.5 Å². The molecule has 0 nitrogen and oxygen atoms in total. The predicted molar refractivity (Wildman–Crippen MR) is 82.9 cm³/mol. The number of rotatable bonds is 4. The molecule has 0 aromatic heterocycles. The molecule has 0 aromatic carbocycles. The van der Waals surface area contributed by atoms with Crippen LogP contribution in [0, 0.1) is 0 Å². The van der Waals surface area contributed by atoms with Crippen molar-refractivity contribution in [3.8, 4) is 0 Å². The second-order valence-corrected chi connectivity index (χ2v) is 35.3. The number of hydrogen-bond acceptors (Lipinski definition) is 0. The molecule has 0 rings (SSSR count). The van der Waals surface area contributed by atoms with E-state index in [1.165, 1.54) is 0 Å². The van der Waals surface area contributed by atoms with E-state index in [-0.39, 0.29) is 0 Å². The molecule has 0 saturated carbocycles. The molecule has 3 heteroatoms. The van der Waals surface area contributed by atoms with Crippen molar-refractivity contribution in [2.75, 3.05) is 0 Å². The van der Waals surface area contributed by atoms with Gasteiger partial charge in [-0.05, 0) is 0 Å². The van der Waals surface area contributed by atoms with Gasteiger partial charge < -0.3 is 0 Å². The first-order valence-electron chi connectivity index (χ1n) is 6.03. The van der Waals surface area contributed by atoms with Crippen LogP contribution in [0.2, 0.25) is 57.7 Å². The van der Waals surface area contributed by atoms with Gasteiger partial charge in [-0.15, -0.1) is 0 Å². The van der Waals surface area contributed by atoms with Crippen LogP contribution >= 0.6 is 0 Å². The third-order valence-electron chi connectivity index (χ3n) is 2.65. The van der Waals surface area contributed by atoms with Crippen LogP contribution in [0.25, 0.3) is 0 Å². The fourth-order valence-electron chi connectivity index (χ4n) is 2.26. The van der Waals surface area contributed by atoms with E-state index in [1.807, 2.05) is 0 Å². The van der Waals surface area contributed by atoms with E-state index in [1.54, 1.807) is 0 Å². The van der Waals surface area contributed by atoms with Gasteiger partial charge in [0.25, 0.3) is 0 Å². The summed E-state index contributed by atoms with van der Waals surface area (Å²) in [7, 11) is -2.00. The molecule has 0 amide bonds. The first-order valence-corrected chi connectivity index (χ1v) is 23.4. The molecule has 0 radical (unpaired) electrons. The van der Waals surface area contributed by atoms with E-state index in [0.29, 0.717) is 0 Å². The molecule has 15 heavy (non-hydrogen) atoms. The number of allylic oxidation sites excluding steroid dienone is 1. The van der Waals surface area contributed by atoms with Crippen molar-refractivity contribution < 1.29 is 0 Å². The molecule has 0 saturated heterocycles. The van der Waals surface area contributed by atoms with Crippen LogP contribution < -0.4 is 0 Å². The topological polar surface area (TPSA) is 0 Å². The molecular formula is C12H30Si2Sn. The van der Waals surface area contributed by atoms with Crippen LogP contribution in [0.15, 0.2) is 11.8 Å². The Morgan fingerprint density at radius 3 is 1.47 bits per heavy atom. The summed E-state index contributed by atoms with van der Waals surface area (Å²) in [5.41, 5.74) is 2.58. The quantitative estimate of drug-likeness (QED) is 0.626. The maximum atomic E-state index is 2.63. The summed E-state index contributed by atoms with van der Waals surface area (Å²) in [5, 5.41) is 0. The van der Waals surface area contributed by atoms with Crippen molar-refractivity contribution in [3.63, 3.8) is 0 Å². The molecule has 1 unspecified atom stereocenters. The summed E-state index contributed by atoms with van der Waals surface area (Å²) in [6.45, 7) is 14.9. The fraction of sp³-hybridized carbons (Fsp3) is 0.833. The van der Waals surface area contributed by atoms with Crippen LogP contribution in [0.4, 0.5) is 0 Å². The first-order chi connectivity index (χ1) is 6.34. The van der Waals surface area contributed by atoms with Crippen molar-refractivity contribution in [1.29, 1.82) is 0 Å². The van der Waals surface area contributed by atoms with Crippen LogP contribution in [0.1, 0.15) is 0 Å². The Morgan fingerprint density at radius 2 is 1.27 bits per heavy atom. The van der Waals surface area contributed by atoms with E-state index in [2.05, 4.69) is 65.9 Å². The van der Waals surface area contributed by atoms with Crippen LogP contribution in [0.3, 0.4) is 0 Å². The third-order valence-corrected chi connectivity index (χ3v) is 25.0. The Balaban J connectivity index is 4.94. The molecule has 1 atom stereocenters. The van der Waals surface area contributed by atoms with Crippen molar-refractivity contribution in [1.82, 2.24) is 0 Å². The van der Waals surface area contributed by atoms with Gasteiger partial charge in [-0.2, -0.15) is 0 Å². The normalized spacial score (nSPS) is 17.1. The molecule has 0 aromatic rings. The summed E-state index contributed by atoms with van der Waals surface area (Å²) in [5.74, 6) is 0. The van der Waals surface area contributed by atoms with Gasteiger partial charge in [-0.3, -0.25) is 0 Å². The van der Waals surface area contributed by atoms with Crippen molar-refractivity contribution in [2.45, 2.75) is 57.7 Å². The van der Waals surface area contributed by atoms with E-state index in [9.17, 15) is 0 Å². The first kappa shape index (κ1) is 16.0. The molecule has 0 aliphatic heterocycles. The Labute approximate surface area is 103 Å². The van der Waals surface area contributed by atoms with E-state index >= 15 is 0 Å². The summed E-state index contributed by atoms with van der Waals surface area (Å²) in [6.07, 6.45) is 2.63. The third kappa shape index (κ3) is 7.00. The molecule has 0 bridgehead atoms. The summed E-state index contributed by atoms with van der Waals surface area (Å²) >= 11 is -1.76. The summed E-state index contributed by atoms with van der Waals surface area (Å²) < 4.78 is 0.999. The summed E-state index contributed by atoms with van der Waals surface area (Å²) in [6, 6.07) is 0. The molecule has 0 spiro atoms. The Kier molecular flexibility index (Phi) is 5.42. The van der Waals surface area contributed by atoms with E-state index < -0.39 is 34.5 Å². The van der Waals surface area contributed by atoms with Gasteiger partial charge >= 0.3 is 104 Å². The van der Waals surface area contributed by atoms with Gasteiger partial charge in [-0.1, -0.05) is 0 Å². The monoisotopic (exact) mass is 350 g/mol. The van der Waals surface area contributed by atoms with Gasteiger partial charge in [0.2, 0.25) is 0 Å².